The van der Waals surface area contributed by atoms with E-state index in [1.54, 1.807) is 6.92 Å². The van der Waals surface area contributed by atoms with Gasteiger partial charge in [0, 0.05) is 17.1 Å². The molecule has 0 unspecified atom stereocenters. The molecule has 1 heterocycles. The highest BCUT2D eigenvalue weighted by atomic mass is 16.5. The third-order valence-electron chi connectivity index (χ3n) is 6.26. The fourth-order valence-electron chi connectivity index (χ4n) is 4.18. The lowest BCUT2D eigenvalue weighted by molar-refractivity contribution is -0.129. The minimum atomic E-state index is -0.812. The molecule has 1 aromatic heterocycles. The number of nitrogens with zero attached hydrogens (tertiary/aromatic N) is 1. The number of rotatable bonds is 4. The lowest BCUT2D eigenvalue weighted by Gasteiger charge is -2.35. The van der Waals surface area contributed by atoms with Crippen molar-refractivity contribution in [3.8, 4) is 0 Å². The van der Waals surface area contributed by atoms with Crippen molar-refractivity contribution < 1.29 is 14.3 Å². The van der Waals surface area contributed by atoms with Crippen molar-refractivity contribution in [2.75, 3.05) is 0 Å². The first-order valence-electron chi connectivity index (χ1n) is 10.7. The third kappa shape index (κ3) is 4.14. The van der Waals surface area contributed by atoms with E-state index < -0.39 is 12.1 Å². The summed E-state index contributed by atoms with van der Waals surface area (Å²) < 4.78 is 5.64. The van der Waals surface area contributed by atoms with Crippen LogP contribution in [0, 0.1) is 11.3 Å². The highest BCUT2D eigenvalue weighted by molar-refractivity contribution is 6.05. The van der Waals surface area contributed by atoms with Crippen molar-refractivity contribution in [3.05, 3.63) is 41.1 Å². The standard InChI is InChI=1S/C24H30N2O3/c1-14(22(27)25-16-10-11-16)29-23(28)21-17-7-5-6-8-19(17)26-20-12-9-15(13-18(20)21)24(2,3)4/h5-8,14-16H,9-13H2,1-4H3,(H,25,27)/t14-,15-/m1/s1. The van der Waals surface area contributed by atoms with Crippen molar-refractivity contribution in [3.63, 3.8) is 0 Å². The van der Waals surface area contributed by atoms with Crippen molar-refractivity contribution in [1.82, 2.24) is 10.3 Å². The summed E-state index contributed by atoms with van der Waals surface area (Å²) in [7, 11) is 0. The summed E-state index contributed by atoms with van der Waals surface area (Å²) in [5, 5.41) is 3.71. The smallest absolute Gasteiger partial charge is 0.339 e. The molecule has 1 fully saturated rings. The van der Waals surface area contributed by atoms with Gasteiger partial charge in [-0.15, -0.1) is 0 Å². The first-order valence-corrected chi connectivity index (χ1v) is 10.7. The number of carbonyl (C=O) groups is 2. The van der Waals surface area contributed by atoms with Gasteiger partial charge < -0.3 is 10.1 Å². The van der Waals surface area contributed by atoms with Crippen LogP contribution in [-0.2, 0) is 22.4 Å². The molecule has 1 N–H and O–H groups in total. The number of aryl methyl sites for hydroxylation is 1. The Morgan fingerprint density at radius 2 is 1.90 bits per heavy atom. The van der Waals surface area contributed by atoms with Crippen molar-refractivity contribution >= 4 is 22.8 Å². The molecule has 5 nitrogen and oxygen atoms in total. The van der Waals surface area contributed by atoms with Gasteiger partial charge in [-0.1, -0.05) is 39.0 Å². The van der Waals surface area contributed by atoms with Gasteiger partial charge in [0.25, 0.3) is 5.91 Å². The van der Waals surface area contributed by atoms with Gasteiger partial charge in [0.2, 0.25) is 0 Å². The maximum Gasteiger partial charge on any atom is 0.339 e. The van der Waals surface area contributed by atoms with Crippen LogP contribution in [0.2, 0.25) is 0 Å². The largest absolute Gasteiger partial charge is 0.449 e. The van der Waals surface area contributed by atoms with E-state index in [2.05, 4.69) is 26.1 Å². The lowest BCUT2D eigenvalue weighted by Crippen LogP contribution is -2.37. The van der Waals surface area contributed by atoms with E-state index in [1.807, 2.05) is 24.3 Å². The molecular weight excluding hydrogens is 364 g/mol. The molecule has 29 heavy (non-hydrogen) atoms. The van der Waals surface area contributed by atoms with Gasteiger partial charge >= 0.3 is 5.97 Å². The molecule has 2 atom stereocenters. The van der Waals surface area contributed by atoms with Crippen LogP contribution in [0.1, 0.15) is 68.6 Å². The van der Waals surface area contributed by atoms with Gasteiger partial charge in [0.15, 0.2) is 6.10 Å². The molecule has 5 heteroatoms. The van der Waals surface area contributed by atoms with E-state index in [-0.39, 0.29) is 17.4 Å². The van der Waals surface area contributed by atoms with Gasteiger partial charge in [-0.3, -0.25) is 9.78 Å². The number of ether oxygens (including phenoxy) is 1. The summed E-state index contributed by atoms with van der Waals surface area (Å²) in [6.45, 7) is 8.39. The van der Waals surface area contributed by atoms with E-state index in [1.165, 1.54) is 0 Å². The van der Waals surface area contributed by atoms with Crippen LogP contribution in [0.3, 0.4) is 0 Å². The molecule has 0 spiro atoms. The minimum absolute atomic E-state index is 0.155. The zero-order valence-corrected chi connectivity index (χ0v) is 17.7. The van der Waals surface area contributed by atoms with E-state index >= 15 is 0 Å². The average Bonchev–Trinajstić information content (AvgIpc) is 3.48. The highest BCUT2D eigenvalue weighted by Crippen LogP contribution is 2.39. The first-order chi connectivity index (χ1) is 13.7. The monoisotopic (exact) mass is 394 g/mol. The van der Waals surface area contributed by atoms with E-state index in [9.17, 15) is 9.59 Å². The number of benzene rings is 1. The maximum atomic E-state index is 13.3. The maximum absolute atomic E-state index is 13.3. The second-order valence-electron chi connectivity index (χ2n) is 9.57. The predicted molar refractivity (Wildman–Crippen MR) is 113 cm³/mol. The number of esters is 1. The van der Waals surface area contributed by atoms with Crippen LogP contribution in [0.15, 0.2) is 24.3 Å². The number of fused-ring (bicyclic) bond motifs is 2. The molecule has 1 amide bonds. The molecule has 154 valence electrons. The summed E-state index contributed by atoms with van der Waals surface area (Å²) in [5.74, 6) is -0.173. The van der Waals surface area contributed by atoms with Gasteiger partial charge in [-0.25, -0.2) is 4.79 Å². The summed E-state index contributed by atoms with van der Waals surface area (Å²) in [6, 6.07) is 7.95. The number of para-hydroxylation sites is 1. The summed E-state index contributed by atoms with van der Waals surface area (Å²) in [4.78, 5) is 30.4. The zero-order chi connectivity index (χ0) is 20.8. The fraction of sp³-hybridized carbons (Fsp3) is 0.542. The summed E-state index contributed by atoms with van der Waals surface area (Å²) in [5.41, 5.74) is 3.54. The average molecular weight is 395 g/mol. The molecule has 2 aromatic rings. The number of hydrogen-bond donors (Lipinski definition) is 1. The SMILES string of the molecule is C[C@@H](OC(=O)c1c2c(nc3ccccc13)CC[C@@H](C(C)(C)C)C2)C(=O)NC1CC1. The Hall–Kier alpha value is -2.43. The number of pyridine rings is 1. The van der Waals surface area contributed by atoms with Crippen molar-refractivity contribution in [2.45, 2.75) is 71.9 Å². The van der Waals surface area contributed by atoms with E-state index in [0.717, 1.165) is 54.3 Å². The molecule has 0 aliphatic heterocycles. The van der Waals surface area contributed by atoms with E-state index in [4.69, 9.17) is 9.72 Å². The quantitative estimate of drug-likeness (QED) is 0.789. The van der Waals surface area contributed by atoms with Crippen molar-refractivity contribution in [2.24, 2.45) is 11.3 Å². The Morgan fingerprint density at radius 3 is 2.59 bits per heavy atom. The lowest BCUT2D eigenvalue weighted by atomic mass is 9.70. The zero-order valence-electron chi connectivity index (χ0n) is 17.7. The number of nitrogens with one attached hydrogen (secondary N) is 1. The molecule has 2 aliphatic carbocycles. The van der Waals surface area contributed by atoms with Crippen LogP contribution in [0.4, 0.5) is 0 Å². The third-order valence-corrected chi connectivity index (χ3v) is 6.26. The molecule has 0 saturated heterocycles. The van der Waals surface area contributed by atoms with Crippen LogP contribution in [-0.4, -0.2) is 29.0 Å². The van der Waals surface area contributed by atoms with Crippen molar-refractivity contribution in [1.29, 1.82) is 0 Å². The topological polar surface area (TPSA) is 68.3 Å². The normalized spacial score (nSPS) is 20.1. The summed E-state index contributed by atoms with van der Waals surface area (Å²) in [6.07, 6.45) is 3.93. The second kappa shape index (κ2) is 7.43. The number of amides is 1. The van der Waals surface area contributed by atoms with Crippen LogP contribution in [0.5, 0.6) is 0 Å². The summed E-state index contributed by atoms with van der Waals surface area (Å²) >= 11 is 0. The number of hydrogen-bond acceptors (Lipinski definition) is 4. The van der Waals surface area contributed by atoms with E-state index in [0.29, 0.717) is 11.5 Å². The molecule has 1 aromatic carbocycles. The Balaban J connectivity index is 1.69. The number of carbonyl (C=O) groups excluding carboxylic acids is 2. The molecular formula is C24H30N2O3. The minimum Gasteiger partial charge on any atom is -0.449 e. The molecule has 0 bridgehead atoms. The molecule has 1 saturated carbocycles. The van der Waals surface area contributed by atoms with Gasteiger partial charge in [0.1, 0.15) is 0 Å². The molecule has 2 aliphatic rings. The van der Waals surface area contributed by atoms with Crippen LogP contribution < -0.4 is 5.32 Å². The second-order valence-corrected chi connectivity index (χ2v) is 9.57. The Kier molecular flexibility index (Phi) is 5.09. The fourth-order valence-corrected chi connectivity index (χ4v) is 4.18. The van der Waals surface area contributed by atoms with Gasteiger partial charge in [0.05, 0.1) is 11.1 Å². The first kappa shape index (κ1) is 19.9. The predicted octanol–water partition coefficient (Wildman–Crippen LogP) is 4.21. The Labute approximate surface area is 172 Å². The molecule has 0 radical (unpaired) electrons. The van der Waals surface area contributed by atoms with Crippen LogP contribution in [0.25, 0.3) is 10.9 Å². The Bertz CT molecular complexity index is 956. The molecule has 4 rings (SSSR count). The number of aromatic nitrogens is 1. The highest BCUT2D eigenvalue weighted by Gasteiger charge is 2.34. The Morgan fingerprint density at radius 1 is 1.17 bits per heavy atom. The van der Waals surface area contributed by atoms with Gasteiger partial charge in [-0.2, -0.15) is 0 Å². The van der Waals surface area contributed by atoms with Crippen LogP contribution >= 0.6 is 0 Å². The van der Waals surface area contributed by atoms with Gasteiger partial charge in [-0.05, 0) is 62.0 Å².